The largest absolute Gasteiger partial charge is 0.381 e. The van der Waals surface area contributed by atoms with Crippen molar-refractivity contribution in [2.75, 3.05) is 7.11 Å². The molecule has 5 heteroatoms. The van der Waals surface area contributed by atoms with Crippen molar-refractivity contribution in [3.63, 3.8) is 0 Å². The zero-order chi connectivity index (χ0) is 12.0. The van der Waals surface area contributed by atoms with Crippen molar-refractivity contribution in [2.45, 2.75) is 25.0 Å². The number of methoxy groups -OCH3 is 1. The maximum absolute atomic E-state index is 6.15. The Hall–Kier alpha value is -0.840. The molecule has 0 radical (unpaired) electrons. The number of benzene rings is 1. The van der Waals surface area contributed by atoms with E-state index >= 15 is 0 Å². The molecule has 2 aromatic rings. The van der Waals surface area contributed by atoms with Crippen LogP contribution >= 0.6 is 23.8 Å². The number of aromatic nitrogens is 2. The third-order valence-corrected chi connectivity index (χ3v) is 4.08. The van der Waals surface area contributed by atoms with Crippen LogP contribution in [0, 0.1) is 4.77 Å². The van der Waals surface area contributed by atoms with Gasteiger partial charge >= 0.3 is 0 Å². The molecule has 1 heterocycles. The summed E-state index contributed by atoms with van der Waals surface area (Å²) >= 11 is 11.5. The fraction of sp³-hybridized carbons (Fsp3) is 0.417. The highest BCUT2D eigenvalue weighted by Gasteiger charge is 2.31. The number of aromatic amines is 1. The van der Waals surface area contributed by atoms with Gasteiger partial charge in [-0.05, 0) is 37.2 Å². The Morgan fingerprint density at radius 3 is 2.94 bits per heavy atom. The molecule has 0 bridgehead atoms. The first-order valence-corrected chi connectivity index (χ1v) is 6.41. The van der Waals surface area contributed by atoms with Gasteiger partial charge in [-0.25, -0.2) is 0 Å². The molecule has 3 nitrogen and oxygen atoms in total. The minimum atomic E-state index is 0.367. The molecular formula is C12H13ClN2OS. The first kappa shape index (κ1) is 11.3. The lowest BCUT2D eigenvalue weighted by atomic mass is 9.89. The van der Waals surface area contributed by atoms with Crippen LogP contribution in [-0.4, -0.2) is 22.8 Å². The zero-order valence-corrected chi connectivity index (χ0v) is 11.0. The molecule has 1 aromatic carbocycles. The number of nitrogens with zero attached hydrogens (tertiary/aromatic N) is 1. The Morgan fingerprint density at radius 1 is 1.47 bits per heavy atom. The van der Waals surface area contributed by atoms with Gasteiger partial charge in [-0.15, -0.1) is 0 Å². The molecule has 0 spiro atoms. The zero-order valence-electron chi connectivity index (χ0n) is 9.44. The van der Waals surface area contributed by atoms with Gasteiger partial charge in [0.2, 0.25) is 0 Å². The summed E-state index contributed by atoms with van der Waals surface area (Å²) in [6.07, 6.45) is 2.40. The highest BCUT2D eigenvalue weighted by Crippen LogP contribution is 2.37. The summed E-state index contributed by atoms with van der Waals surface area (Å²) in [5, 5.41) is 0.718. The van der Waals surface area contributed by atoms with E-state index in [1.54, 1.807) is 7.11 Å². The third-order valence-electron chi connectivity index (χ3n) is 3.47. The lowest BCUT2D eigenvalue weighted by Crippen LogP contribution is -2.32. The van der Waals surface area contributed by atoms with Crippen LogP contribution in [0.5, 0.6) is 0 Å². The van der Waals surface area contributed by atoms with E-state index in [0.29, 0.717) is 12.1 Å². The summed E-state index contributed by atoms with van der Waals surface area (Å²) in [6, 6.07) is 6.31. The number of H-pyrrole nitrogens is 1. The Balaban J connectivity index is 2.08. The van der Waals surface area contributed by atoms with Gasteiger partial charge in [-0.3, -0.25) is 0 Å². The van der Waals surface area contributed by atoms with Gasteiger partial charge in [0.25, 0.3) is 0 Å². The van der Waals surface area contributed by atoms with E-state index in [9.17, 15) is 0 Å². The highest BCUT2D eigenvalue weighted by atomic mass is 35.5. The average Bonchev–Trinajstić information content (AvgIpc) is 2.57. The molecule has 90 valence electrons. The molecule has 1 N–H and O–H groups in total. The van der Waals surface area contributed by atoms with Crippen LogP contribution in [0.1, 0.15) is 18.9 Å². The van der Waals surface area contributed by atoms with Gasteiger partial charge in [0.1, 0.15) is 0 Å². The molecule has 1 aromatic heterocycles. The normalized spacial score (nSPS) is 23.9. The van der Waals surface area contributed by atoms with Crippen molar-refractivity contribution in [1.82, 2.24) is 9.55 Å². The van der Waals surface area contributed by atoms with Gasteiger partial charge < -0.3 is 14.3 Å². The van der Waals surface area contributed by atoms with Gasteiger partial charge in [0.05, 0.1) is 22.2 Å². The smallest absolute Gasteiger partial charge is 0.178 e. The van der Waals surface area contributed by atoms with Crippen LogP contribution in [0.2, 0.25) is 5.02 Å². The van der Waals surface area contributed by atoms with Crippen LogP contribution < -0.4 is 0 Å². The molecule has 1 fully saturated rings. The predicted molar refractivity (Wildman–Crippen MR) is 71.2 cm³/mol. The maximum atomic E-state index is 6.15. The minimum Gasteiger partial charge on any atom is -0.381 e. The lowest BCUT2D eigenvalue weighted by Gasteiger charge is -2.35. The van der Waals surface area contributed by atoms with Crippen LogP contribution in [0.3, 0.4) is 0 Å². The van der Waals surface area contributed by atoms with Crippen molar-refractivity contribution < 1.29 is 4.74 Å². The van der Waals surface area contributed by atoms with Crippen LogP contribution in [0.15, 0.2) is 18.2 Å². The molecule has 0 aliphatic heterocycles. The summed E-state index contributed by atoms with van der Waals surface area (Å²) in [5.41, 5.74) is 2.02. The number of halogens is 1. The molecule has 0 atom stereocenters. The fourth-order valence-electron chi connectivity index (χ4n) is 2.42. The molecular weight excluding hydrogens is 256 g/mol. The van der Waals surface area contributed by atoms with Gasteiger partial charge in [0, 0.05) is 13.2 Å². The van der Waals surface area contributed by atoms with Crippen molar-refractivity contribution in [3.05, 3.63) is 28.0 Å². The number of nitrogens with one attached hydrogen (secondary N) is 1. The van der Waals surface area contributed by atoms with Crippen molar-refractivity contribution in [2.24, 2.45) is 0 Å². The molecule has 0 saturated heterocycles. The molecule has 0 unspecified atom stereocenters. The minimum absolute atomic E-state index is 0.367. The maximum Gasteiger partial charge on any atom is 0.178 e. The van der Waals surface area contributed by atoms with Gasteiger partial charge in [-0.1, -0.05) is 17.7 Å². The number of fused-ring (bicyclic) bond motifs is 1. The summed E-state index contributed by atoms with van der Waals surface area (Å²) in [6.45, 7) is 0. The number of hydrogen-bond acceptors (Lipinski definition) is 2. The molecule has 1 aliphatic rings. The number of imidazole rings is 1. The first-order valence-electron chi connectivity index (χ1n) is 5.62. The van der Waals surface area contributed by atoms with E-state index in [4.69, 9.17) is 28.6 Å². The third kappa shape index (κ3) is 1.71. The monoisotopic (exact) mass is 268 g/mol. The second-order valence-electron chi connectivity index (χ2n) is 4.42. The van der Waals surface area contributed by atoms with E-state index in [2.05, 4.69) is 9.55 Å². The molecule has 1 saturated carbocycles. The van der Waals surface area contributed by atoms with Crippen LogP contribution in [0.25, 0.3) is 11.0 Å². The lowest BCUT2D eigenvalue weighted by molar-refractivity contribution is 0.00698. The SMILES string of the molecule is COC1CC(n2c(=S)[nH]c3c(Cl)cccc32)C1. The Labute approximate surface area is 109 Å². The van der Waals surface area contributed by atoms with Crippen molar-refractivity contribution in [3.8, 4) is 0 Å². The van der Waals surface area contributed by atoms with E-state index in [1.807, 2.05) is 18.2 Å². The van der Waals surface area contributed by atoms with Crippen LogP contribution in [-0.2, 0) is 4.74 Å². The average molecular weight is 269 g/mol. The van der Waals surface area contributed by atoms with E-state index in [1.165, 1.54) is 0 Å². The predicted octanol–water partition coefficient (Wildman–Crippen LogP) is 3.70. The second kappa shape index (κ2) is 4.12. The van der Waals surface area contributed by atoms with Crippen LogP contribution in [0.4, 0.5) is 0 Å². The van der Waals surface area contributed by atoms with Crippen molar-refractivity contribution in [1.29, 1.82) is 0 Å². The molecule has 17 heavy (non-hydrogen) atoms. The summed E-state index contributed by atoms with van der Waals surface area (Å²) in [5.74, 6) is 0. The second-order valence-corrected chi connectivity index (χ2v) is 5.21. The topological polar surface area (TPSA) is 29.9 Å². The highest BCUT2D eigenvalue weighted by molar-refractivity contribution is 7.71. The first-order chi connectivity index (χ1) is 8.20. The number of hydrogen-bond donors (Lipinski definition) is 1. The van der Waals surface area contributed by atoms with Crippen molar-refractivity contribution >= 4 is 34.9 Å². The summed E-state index contributed by atoms with van der Waals surface area (Å²) in [7, 11) is 1.76. The number of rotatable bonds is 2. The van der Waals surface area contributed by atoms with E-state index in [-0.39, 0.29) is 0 Å². The number of ether oxygens (including phenoxy) is 1. The molecule has 1 aliphatic carbocycles. The summed E-state index contributed by atoms with van der Waals surface area (Å²) < 4.78 is 8.21. The Bertz CT molecular complexity index is 612. The van der Waals surface area contributed by atoms with Gasteiger partial charge in [-0.2, -0.15) is 0 Å². The number of para-hydroxylation sites is 1. The Kier molecular flexibility index (Phi) is 2.73. The fourth-order valence-corrected chi connectivity index (χ4v) is 2.98. The quantitative estimate of drug-likeness (QED) is 0.842. The summed E-state index contributed by atoms with van der Waals surface area (Å²) in [4.78, 5) is 3.18. The Morgan fingerprint density at radius 2 is 2.24 bits per heavy atom. The van der Waals surface area contributed by atoms with E-state index < -0.39 is 0 Å². The standard InChI is InChI=1S/C12H13ClN2OS/c1-16-8-5-7(6-8)15-10-4-2-3-9(13)11(10)14-12(15)17/h2-4,7-8H,5-6H2,1H3,(H,14,17). The van der Waals surface area contributed by atoms with Gasteiger partial charge in [0.15, 0.2) is 4.77 Å². The molecule has 0 amide bonds. The van der Waals surface area contributed by atoms with E-state index in [0.717, 1.165) is 33.7 Å². The molecule has 3 rings (SSSR count).